The molecule has 1 heterocycles. The zero-order valence-corrected chi connectivity index (χ0v) is 12.2. The van der Waals surface area contributed by atoms with Crippen molar-refractivity contribution in [2.45, 2.75) is 0 Å². The van der Waals surface area contributed by atoms with Crippen molar-refractivity contribution >= 4 is 11.9 Å². The first-order chi connectivity index (χ1) is 11.2. The maximum absolute atomic E-state index is 11.8. The lowest BCUT2D eigenvalue weighted by molar-refractivity contribution is 0.206. The van der Waals surface area contributed by atoms with Gasteiger partial charge < -0.3 is 9.15 Å². The quantitative estimate of drug-likeness (QED) is 0.566. The molecule has 2 aromatic carbocycles. The standard InChI is InChI=1S/C18H14N2O3/c19-17(20-18(21)23-15-5-2-1-3-6-15)14-10-8-13(9-11-14)16-7-4-12-22-16/h1-12H,(H2,19,20,21). The lowest BCUT2D eigenvalue weighted by Crippen LogP contribution is -2.32. The van der Waals surface area contributed by atoms with E-state index in [1.165, 1.54) is 0 Å². The predicted octanol–water partition coefficient (Wildman–Crippen LogP) is 4.06. The van der Waals surface area contributed by atoms with Crippen LogP contribution in [0.5, 0.6) is 5.75 Å². The number of hydrogen-bond acceptors (Lipinski definition) is 4. The number of amides is 1. The normalized spacial score (nSPS) is 10.1. The molecule has 3 aromatic rings. The first-order valence-electron chi connectivity index (χ1n) is 6.99. The largest absolute Gasteiger partial charge is 0.464 e. The summed E-state index contributed by atoms with van der Waals surface area (Å²) in [4.78, 5) is 11.8. The topological polar surface area (TPSA) is 75.3 Å². The van der Waals surface area contributed by atoms with Crippen molar-refractivity contribution in [2.75, 3.05) is 0 Å². The van der Waals surface area contributed by atoms with Crippen molar-refractivity contribution in [1.29, 1.82) is 5.41 Å². The van der Waals surface area contributed by atoms with E-state index in [9.17, 15) is 4.79 Å². The lowest BCUT2D eigenvalue weighted by atomic mass is 10.1. The second-order valence-electron chi connectivity index (χ2n) is 4.76. The van der Waals surface area contributed by atoms with Gasteiger partial charge in [0.25, 0.3) is 0 Å². The summed E-state index contributed by atoms with van der Waals surface area (Å²) in [6.45, 7) is 0. The van der Waals surface area contributed by atoms with Gasteiger partial charge in [0.05, 0.1) is 6.26 Å². The molecule has 0 aliphatic carbocycles. The van der Waals surface area contributed by atoms with E-state index >= 15 is 0 Å². The number of nitrogens with one attached hydrogen (secondary N) is 2. The number of hydrogen-bond donors (Lipinski definition) is 2. The van der Waals surface area contributed by atoms with Gasteiger partial charge in [0.15, 0.2) is 0 Å². The summed E-state index contributed by atoms with van der Waals surface area (Å²) in [5.41, 5.74) is 1.48. The highest BCUT2D eigenvalue weighted by atomic mass is 16.6. The van der Waals surface area contributed by atoms with Crippen LogP contribution in [0.25, 0.3) is 11.3 Å². The highest BCUT2D eigenvalue weighted by Gasteiger charge is 2.09. The van der Waals surface area contributed by atoms with Gasteiger partial charge in [0.1, 0.15) is 17.3 Å². The summed E-state index contributed by atoms with van der Waals surface area (Å²) < 4.78 is 10.4. The fourth-order valence-electron chi connectivity index (χ4n) is 2.04. The van der Waals surface area contributed by atoms with Crippen LogP contribution in [0.15, 0.2) is 77.4 Å². The van der Waals surface area contributed by atoms with Crippen LogP contribution in [0, 0.1) is 5.41 Å². The number of carbonyl (C=O) groups excluding carboxylic acids is 1. The minimum absolute atomic E-state index is 0.0306. The summed E-state index contributed by atoms with van der Waals surface area (Å²) in [5, 5.41) is 10.3. The Hall–Kier alpha value is -3.34. The molecule has 1 amide bonds. The van der Waals surface area contributed by atoms with E-state index in [0.29, 0.717) is 11.3 Å². The smallest absolute Gasteiger partial charge is 0.418 e. The van der Waals surface area contributed by atoms with E-state index in [4.69, 9.17) is 14.6 Å². The summed E-state index contributed by atoms with van der Waals surface area (Å²) in [7, 11) is 0. The molecular weight excluding hydrogens is 292 g/mol. The van der Waals surface area contributed by atoms with Crippen molar-refractivity contribution < 1.29 is 13.9 Å². The van der Waals surface area contributed by atoms with E-state index in [1.54, 1.807) is 42.7 Å². The number of para-hydroxylation sites is 1. The van der Waals surface area contributed by atoms with Crippen molar-refractivity contribution in [3.05, 3.63) is 78.6 Å². The van der Waals surface area contributed by atoms with E-state index in [0.717, 1.165) is 11.3 Å². The SMILES string of the molecule is N=C(NC(=O)Oc1ccccc1)c1ccc(-c2ccco2)cc1. The molecule has 1 aromatic heterocycles. The molecule has 0 bridgehead atoms. The number of carbonyl (C=O) groups is 1. The minimum atomic E-state index is -0.698. The van der Waals surface area contributed by atoms with Crippen LogP contribution >= 0.6 is 0 Å². The Bertz CT molecular complexity index is 794. The van der Waals surface area contributed by atoms with Gasteiger partial charge in [-0.3, -0.25) is 10.7 Å². The highest BCUT2D eigenvalue weighted by Crippen LogP contribution is 2.20. The third-order valence-electron chi connectivity index (χ3n) is 3.16. The average Bonchev–Trinajstić information content (AvgIpc) is 3.10. The van der Waals surface area contributed by atoms with Crippen molar-refractivity contribution in [2.24, 2.45) is 0 Å². The van der Waals surface area contributed by atoms with Crippen LogP contribution in [0.2, 0.25) is 0 Å². The van der Waals surface area contributed by atoms with Crippen molar-refractivity contribution in [3.63, 3.8) is 0 Å². The van der Waals surface area contributed by atoms with Crippen molar-refractivity contribution in [1.82, 2.24) is 5.32 Å². The van der Waals surface area contributed by atoms with Crippen LogP contribution < -0.4 is 10.1 Å². The maximum atomic E-state index is 11.8. The fraction of sp³-hybridized carbons (Fsp3) is 0. The molecule has 0 unspecified atom stereocenters. The van der Waals surface area contributed by atoms with E-state index in [-0.39, 0.29) is 5.84 Å². The van der Waals surface area contributed by atoms with Gasteiger partial charge in [-0.2, -0.15) is 0 Å². The molecule has 0 radical (unpaired) electrons. The second-order valence-corrected chi connectivity index (χ2v) is 4.76. The van der Waals surface area contributed by atoms with E-state index in [1.807, 2.05) is 30.3 Å². The fourth-order valence-corrected chi connectivity index (χ4v) is 2.04. The number of amidine groups is 1. The highest BCUT2D eigenvalue weighted by molar-refractivity contribution is 6.05. The first kappa shape index (κ1) is 14.6. The number of furan rings is 1. The average molecular weight is 306 g/mol. The molecule has 0 atom stereocenters. The minimum Gasteiger partial charge on any atom is -0.464 e. The maximum Gasteiger partial charge on any atom is 0.418 e. The lowest BCUT2D eigenvalue weighted by Gasteiger charge is -2.08. The Balaban J connectivity index is 1.63. The molecule has 5 heteroatoms. The van der Waals surface area contributed by atoms with Gasteiger partial charge in [0.2, 0.25) is 0 Å². The molecule has 23 heavy (non-hydrogen) atoms. The molecule has 2 N–H and O–H groups in total. The second kappa shape index (κ2) is 6.62. The van der Waals surface area contributed by atoms with Crippen LogP contribution in [-0.4, -0.2) is 11.9 Å². The zero-order chi connectivity index (χ0) is 16.1. The van der Waals surface area contributed by atoms with E-state index in [2.05, 4.69) is 5.32 Å². The Labute approximate surface area is 133 Å². The summed E-state index contributed by atoms with van der Waals surface area (Å²) >= 11 is 0. The van der Waals surface area contributed by atoms with Crippen LogP contribution in [0.4, 0.5) is 4.79 Å². The molecule has 0 aliphatic rings. The molecule has 0 saturated carbocycles. The Morgan fingerprint density at radius 2 is 1.70 bits per heavy atom. The van der Waals surface area contributed by atoms with Crippen molar-refractivity contribution in [3.8, 4) is 17.1 Å². The third-order valence-corrected chi connectivity index (χ3v) is 3.16. The zero-order valence-electron chi connectivity index (χ0n) is 12.2. The van der Waals surface area contributed by atoms with Gasteiger partial charge in [-0.15, -0.1) is 0 Å². The molecule has 0 saturated heterocycles. The predicted molar refractivity (Wildman–Crippen MR) is 86.6 cm³/mol. The molecule has 0 fully saturated rings. The molecule has 3 rings (SSSR count). The first-order valence-corrected chi connectivity index (χ1v) is 6.99. The Morgan fingerprint density at radius 3 is 2.35 bits per heavy atom. The van der Waals surface area contributed by atoms with Crippen LogP contribution in [0.3, 0.4) is 0 Å². The molecule has 114 valence electrons. The van der Waals surface area contributed by atoms with Gasteiger partial charge in [0, 0.05) is 11.1 Å². The molecule has 0 spiro atoms. The van der Waals surface area contributed by atoms with Gasteiger partial charge >= 0.3 is 6.09 Å². The van der Waals surface area contributed by atoms with Crippen LogP contribution in [-0.2, 0) is 0 Å². The molecule has 5 nitrogen and oxygen atoms in total. The van der Waals surface area contributed by atoms with Gasteiger partial charge in [-0.05, 0) is 24.3 Å². The summed E-state index contributed by atoms with van der Waals surface area (Å²) in [5.74, 6) is 1.14. The Morgan fingerprint density at radius 1 is 0.957 bits per heavy atom. The third kappa shape index (κ3) is 3.65. The van der Waals surface area contributed by atoms with Crippen LogP contribution in [0.1, 0.15) is 5.56 Å². The summed E-state index contributed by atoms with van der Waals surface area (Å²) in [6, 6.07) is 19.5. The summed E-state index contributed by atoms with van der Waals surface area (Å²) in [6.07, 6.45) is 0.906. The number of ether oxygens (including phenoxy) is 1. The van der Waals surface area contributed by atoms with Gasteiger partial charge in [-0.1, -0.05) is 42.5 Å². The number of benzene rings is 2. The van der Waals surface area contributed by atoms with Gasteiger partial charge in [-0.25, -0.2) is 4.79 Å². The molecular formula is C18H14N2O3. The number of rotatable bonds is 3. The molecule has 0 aliphatic heterocycles. The van der Waals surface area contributed by atoms with E-state index < -0.39 is 6.09 Å². The Kier molecular flexibility index (Phi) is 4.20. The monoisotopic (exact) mass is 306 g/mol.